The first-order valence-electron chi connectivity index (χ1n) is 6.64. The zero-order valence-electron chi connectivity index (χ0n) is 11.2. The molecule has 0 bridgehead atoms. The van der Waals surface area contributed by atoms with Crippen molar-refractivity contribution in [1.29, 1.82) is 0 Å². The van der Waals surface area contributed by atoms with Crippen molar-refractivity contribution in [3.8, 4) is 0 Å². The van der Waals surface area contributed by atoms with E-state index in [1.54, 1.807) is 0 Å². The van der Waals surface area contributed by atoms with Crippen LogP contribution in [0.4, 0.5) is 0 Å². The third kappa shape index (κ3) is 3.30. The molecule has 1 N–H and O–H groups in total. The van der Waals surface area contributed by atoms with Crippen LogP contribution < -0.4 is 5.32 Å². The molecule has 0 amide bonds. The van der Waals surface area contributed by atoms with Crippen molar-refractivity contribution < 1.29 is 0 Å². The molecule has 17 heavy (non-hydrogen) atoms. The van der Waals surface area contributed by atoms with Gasteiger partial charge in [0.05, 0.1) is 11.4 Å². The summed E-state index contributed by atoms with van der Waals surface area (Å²) in [5, 5.41) is 7.97. The van der Waals surface area contributed by atoms with Crippen LogP contribution in [-0.2, 0) is 13.6 Å². The first-order chi connectivity index (χ1) is 8.19. The number of aryl methyl sites for hydroxylation is 2. The third-order valence-electron chi connectivity index (χ3n) is 3.57. The van der Waals surface area contributed by atoms with Crippen molar-refractivity contribution in [3.05, 3.63) is 17.5 Å². The van der Waals surface area contributed by atoms with Crippen LogP contribution in [0.25, 0.3) is 0 Å². The monoisotopic (exact) mass is 236 g/mol. The van der Waals surface area contributed by atoms with Crippen molar-refractivity contribution in [2.24, 2.45) is 7.05 Å². The van der Waals surface area contributed by atoms with Gasteiger partial charge in [0.1, 0.15) is 0 Å². The number of hydrogen-bond acceptors (Lipinski definition) is 3. The van der Waals surface area contributed by atoms with Gasteiger partial charge in [-0.1, -0.05) is 6.92 Å². The number of hydrogen-bond donors (Lipinski definition) is 1. The van der Waals surface area contributed by atoms with Gasteiger partial charge in [0.2, 0.25) is 0 Å². The summed E-state index contributed by atoms with van der Waals surface area (Å²) in [6.45, 7) is 8.73. The summed E-state index contributed by atoms with van der Waals surface area (Å²) in [5.74, 6) is 0. The van der Waals surface area contributed by atoms with Gasteiger partial charge in [0.15, 0.2) is 0 Å². The predicted molar refractivity (Wildman–Crippen MR) is 69.9 cm³/mol. The van der Waals surface area contributed by atoms with Crippen molar-refractivity contribution in [2.45, 2.75) is 39.3 Å². The molecule has 1 aromatic rings. The maximum atomic E-state index is 4.40. The lowest BCUT2D eigenvalue weighted by atomic mass is 10.2. The Balaban J connectivity index is 1.92. The fourth-order valence-corrected chi connectivity index (χ4v) is 2.57. The number of rotatable bonds is 5. The minimum atomic E-state index is 0.685. The van der Waals surface area contributed by atoms with Crippen molar-refractivity contribution in [2.75, 3.05) is 19.6 Å². The second-order valence-corrected chi connectivity index (χ2v) is 5.02. The van der Waals surface area contributed by atoms with E-state index in [0.29, 0.717) is 6.04 Å². The Kier molecular flexibility index (Phi) is 4.18. The maximum Gasteiger partial charge on any atom is 0.0597 e. The van der Waals surface area contributed by atoms with Crippen LogP contribution in [0, 0.1) is 6.92 Å². The molecule has 1 aliphatic rings. The van der Waals surface area contributed by atoms with E-state index in [-0.39, 0.29) is 0 Å². The van der Waals surface area contributed by atoms with E-state index >= 15 is 0 Å². The average Bonchev–Trinajstić information content (AvgIpc) is 2.88. The molecular weight excluding hydrogens is 212 g/mol. The molecule has 1 fully saturated rings. The van der Waals surface area contributed by atoms with Gasteiger partial charge in [-0.05, 0) is 38.9 Å². The van der Waals surface area contributed by atoms with Crippen LogP contribution >= 0.6 is 0 Å². The topological polar surface area (TPSA) is 33.1 Å². The van der Waals surface area contributed by atoms with E-state index in [2.05, 4.69) is 35.2 Å². The van der Waals surface area contributed by atoms with Gasteiger partial charge in [-0.3, -0.25) is 9.58 Å². The molecule has 0 aromatic carbocycles. The molecular formula is C13H24N4. The lowest BCUT2D eigenvalue weighted by molar-refractivity contribution is 0.247. The highest BCUT2D eigenvalue weighted by Gasteiger charge is 2.17. The summed E-state index contributed by atoms with van der Waals surface area (Å²) in [5.41, 5.74) is 2.42. The molecule has 1 aliphatic heterocycles. The fourth-order valence-electron chi connectivity index (χ4n) is 2.57. The van der Waals surface area contributed by atoms with E-state index in [1.165, 1.54) is 25.1 Å². The zero-order valence-corrected chi connectivity index (χ0v) is 11.2. The quantitative estimate of drug-likeness (QED) is 0.836. The van der Waals surface area contributed by atoms with Gasteiger partial charge in [-0.15, -0.1) is 0 Å². The van der Waals surface area contributed by atoms with E-state index < -0.39 is 0 Å². The summed E-state index contributed by atoms with van der Waals surface area (Å²) in [6, 6.07) is 2.87. The van der Waals surface area contributed by atoms with Gasteiger partial charge < -0.3 is 5.32 Å². The lowest BCUT2D eigenvalue weighted by Gasteiger charge is -2.24. The molecule has 1 atom stereocenters. The van der Waals surface area contributed by atoms with Crippen LogP contribution in [0.5, 0.6) is 0 Å². The summed E-state index contributed by atoms with van der Waals surface area (Å²) in [4.78, 5) is 2.50. The van der Waals surface area contributed by atoms with Crippen molar-refractivity contribution >= 4 is 0 Å². The molecule has 1 saturated heterocycles. The Morgan fingerprint density at radius 2 is 2.41 bits per heavy atom. The molecule has 96 valence electrons. The number of likely N-dealkylation sites (N-methyl/N-ethyl adjacent to an activating group) is 1. The maximum absolute atomic E-state index is 4.40. The Bertz CT molecular complexity index is 352. The van der Waals surface area contributed by atoms with Gasteiger partial charge in [0.25, 0.3) is 0 Å². The van der Waals surface area contributed by atoms with Gasteiger partial charge in [-0.2, -0.15) is 5.10 Å². The molecule has 4 nitrogen and oxygen atoms in total. The normalized spacial score (nSPS) is 20.4. The number of nitrogens with zero attached hydrogens (tertiary/aromatic N) is 3. The Morgan fingerprint density at radius 3 is 2.94 bits per heavy atom. The molecule has 2 heterocycles. The molecule has 0 aliphatic carbocycles. The summed E-state index contributed by atoms with van der Waals surface area (Å²) in [6.07, 6.45) is 2.65. The van der Waals surface area contributed by atoms with E-state index in [9.17, 15) is 0 Å². The summed E-state index contributed by atoms with van der Waals surface area (Å²) >= 11 is 0. The highest BCUT2D eigenvalue weighted by Crippen LogP contribution is 2.10. The van der Waals surface area contributed by atoms with Gasteiger partial charge >= 0.3 is 0 Å². The SMILES string of the molecule is CCN(Cc1cc(C)nn1C)CC1CCCN1. The standard InChI is InChI=1S/C13H24N4/c1-4-17(9-12-6-5-7-14-12)10-13-8-11(2)15-16(13)3/h8,12,14H,4-7,9-10H2,1-3H3. The zero-order chi connectivity index (χ0) is 12.3. The summed E-state index contributed by atoms with van der Waals surface area (Å²) in [7, 11) is 2.03. The van der Waals surface area contributed by atoms with Crippen LogP contribution in [0.1, 0.15) is 31.2 Å². The molecule has 1 unspecified atom stereocenters. The third-order valence-corrected chi connectivity index (χ3v) is 3.57. The highest BCUT2D eigenvalue weighted by atomic mass is 15.3. The Hall–Kier alpha value is -0.870. The molecule has 0 radical (unpaired) electrons. The van der Waals surface area contributed by atoms with Crippen molar-refractivity contribution in [1.82, 2.24) is 20.0 Å². The number of aromatic nitrogens is 2. The second-order valence-electron chi connectivity index (χ2n) is 5.02. The van der Waals surface area contributed by atoms with Crippen LogP contribution in [0.2, 0.25) is 0 Å². The summed E-state index contributed by atoms with van der Waals surface area (Å²) < 4.78 is 2.00. The smallest absolute Gasteiger partial charge is 0.0597 e. The predicted octanol–water partition coefficient (Wildman–Crippen LogP) is 1.30. The van der Waals surface area contributed by atoms with Crippen molar-refractivity contribution in [3.63, 3.8) is 0 Å². The second kappa shape index (κ2) is 5.65. The van der Waals surface area contributed by atoms with Gasteiger partial charge in [-0.25, -0.2) is 0 Å². The minimum Gasteiger partial charge on any atom is -0.313 e. The van der Waals surface area contributed by atoms with E-state index in [1.807, 2.05) is 11.7 Å². The fraction of sp³-hybridized carbons (Fsp3) is 0.769. The van der Waals surface area contributed by atoms with E-state index in [0.717, 1.165) is 25.3 Å². The lowest BCUT2D eigenvalue weighted by Crippen LogP contribution is -2.37. The largest absolute Gasteiger partial charge is 0.313 e. The Morgan fingerprint density at radius 1 is 1.59 bits per heavy atom. The minimum absolute atomic E-state index is 0.685. The molecule has 0 saturated carbocycles. The van der Waals surface area contributed by atoms with Gasteiger partial charge in [0, 0.05) is 26.2 Å². The van der Waals surface area contributed by atoms with Crippen LogP contribution in [0.15, 0.2) is 6.07 Å². The average molecular weight is 236 g/mol. The van der Waals surface area contributed by atoms with Crippen LogP contribution in [0.3, 0.4) is 0 Å². The number of nitrogens with one attached hydrogen (secondary N) is 1. The van der Waals surface area contributed by atoms with E-state index in [4.69, 9.17) is 0 Å². The molecule has 4 heteroatoms. The molecule has 2 rings (SSSR count). The highest BCUT2D eigenvalue weighted by molar-refractivity contribution is 5.08. The first-order valence-corrected chi connectivity index (χ1v) is 6.64. The molecule has 0 spiro atoms. The Labute approximate surface area is 104 Å². The molecule has 1 aromatic heterocycles. The first kappa shape index (κ1) is 12.6. The van der Waals surface area contributed by atoms with Crippen LogP contribution in [-0.4, -0.2) is 40.4 Å².